The van der Waals surface area contributed by atoms with Crippen LogP contribution < -0.4 is 5.32 Å². The van der Waals surface area contributed by atoms with Crippen LogP contribution in [0.2, 0.25) is 0 Å². The summed E-state index contributed by atoms with van der Waals surface area (Å²) in [6, 6.07) is 8.34. The smallest absolute Gasteiger partial charge is 0.231 e. The second-order valence-electron chi connectivity index (χ2n) is 7.61. The first kappa shape index (κ1) is 17.3. The average molecular weight is 376 g/mol. The molecule has 2 aromatic heterocycles. The molecule has 2 aromatic rings. The van der Waals surface area contributed by atoms with Crippen molar-refractivity contribution >= 4 is 28.6 Å². The molecule has 2 heterocycles. The van der Waals surface area contributed by atoms with Gasteiger partial charge >= 0.3 is 0 Å². The van der Waals surface area contributed by atoms with Gasteiger partial charge in [-0.2, -0.15) is 0 Å². The van der Waals surface area contributed by atoms with E-state index in [1.54, 1.807) is 22.7 Å². The van der Waals surface area contributed by atoms with E-state index in [4.69, 9.17) is 0 Å². The maximum atomic E-state index is 12.9. The minimum Gasteiger partial charge on any atom is -0.388 e. The topological polar surface area (TPSA) is 49.3 Å². The number of aliphatic hydroxyl groups is 1. The minimum atomic E-state index is -0.416. The molecule has 1 unspecified atom stereocenters. The molecule has 2 fully saturated rings. The number of hydrogen-bond donors (Lipinski definition) is 2. The van der Waals surface area contributed by atoms with Gasteiger partial charge in [0.15, 0.2) is 0 Å². The number of carbonyl (C=O) groups is 1. The van der Waals surface area contributed by atoms with Crippen molar-refractivity contribution in [3.63, 3.8) is 0 Å². The highest BCUT2D eigenvalue weighted by atomic mass is 32.1. The summed E-state index contributed by atoms with van der Waals surface area (Å²) in [7, 11) is 0. The molecule has 1 amide bonds. The second-order valence-corrected chi connectivity index (χ2v) is 9.67. The van der Waals surface area contributed by atoms with E-state index in [0.717, 1.165) is 37.1 Å². The zero-order valence-corrected chi connectivity index (χ0v) is 16.2. The van der Waals surface area contributed by atoms with Crippen molar-refractivity contribution in [3.05, 3.63) is 44.3 Å². The lowest BCUT2D eigenvalue weighted by Gasteiger charge is -2.29. The van der Waals surface area contributed by atoms with Crippen molar-refractivity contribution in [2.24, 2.45) is 0 Å². The highest BCUT2D eigenvalue weighted by molar-refractivity contribution is 7.12. The summed E-state index contributed by atoms with van der Waals surface area (Å²) in [5.41, 5.74) is -0.201. The summed E-state index contributed by atoms with van der Waals surface area (Å²) in [5, 5.41) is 15.2. The van der Waals surface area contributed by atoms with Crippen LogP contribution in [0.4, 0.5) is 0 Å². The summed E-state index contributed by atoms with van der Waals surface area (Å²) in [6.07, 6.45) is 6.20. The van der Waals surface area contributed by atoms with Gasteiger partial charge < -0.3 is 10.4 Å². The maximum Gasteiger partial charge on any atom is 0.231 e. The summed E-state index contributed by atoms with van der Waals surface area (Å²) >= 11 is 3.40. The number of rotatable bonds is 6. The molecule has 134 valence electrons. The van der Waals surface area contributed by atoms with Crippen molar-refractivity contribution in [3.8, 4) is 0 Å². The van der Waals surface area contributed by atoms with Crippen LogP contribution in [0.1, 0.15) is 66.2 Å². The largest absolute Gasteiger partial charge is 0.388 e. The molecular weight excluding hydrogens is 350 g/mol. The molecule has 0 bridgehead atoms. The third-order valence-electron chi connectivity index (χ3n) is 5.89. The summed E-state index contributed by atoms with van der Waals surface area (Å²) in [6.45, 7) is 2.54. The van der Waals surface area contributed by atoms with E-state index in [1.165, 1.54) is 22.6 Å². The Morgan fingerprint density at radius 2 is 1.96 bits per heavy atom. The molecule has 0 aromatic carbocycles. The van der Waals surface area contributed by atoms with E-state index in [-0.39, 0.29) is 16.7 Å². The molecule has 1 atom stereocenters. The molecule has 4 rings (SSSR count). The Hall–Kier alpha value is -1.17. The second kappa shape index (κ2) is 6.53. The maximum absolute atomic E-state index is 12.9. The predicted octanol–water partition coefficient (Wildman–Crippen LogP) is 4.52. The number of amides is 1. The Morgan fingerprint density at radius 3 is 2.52 bits per heavy atom. The van der Waals surface area contributed by atoms with E-state index >= 15 is 0 Å². The molecule has 0 saturated heterocycles. The number of thiophene rings is 2. The van der Waals surface area contributed by atoms with Crippen LogP contribution in [0.15, 0.2) is 29.6 Å². The van der Waals surface area contributed by atoms with Gasteiger partial charge in [-0.1, -0.05) is 18.9 Å². The highest BCUT2D eigenvalue weighted by Gasteiger charge is 2.52. The highest BCUT2D eigenvalue weighted by Crippen LogP contribution is 2.50. The fraction of sp³-hybridized carbons (Fsp3) is 0.550. The van der Waals surface area contributed by atoms with Gasteiger partial charge in [-0.3, -0.25) is 4.79 Å². The lowest BCUT2D eigenvalue weighted by molar-refractivity contribution is -0.123. The molecule has 0 radical (unpaired) electrons. The molecular formula is C20H25NO2S2. The Kier molecular flexibility index (Phi) is 4.50. The van der Waals surface area contributed by atoms with Crippen LogP contribution in [0.25, 0.3) is 0 Å². The van der Waals surface area contributed by atoms with Gasteiger partial charge in [-0.25, -0.2) is 0 Å². The molecule has 0 spiro atoms. The number of carbonyl (C=O) groups excluding carboxylic acids is 1. The number of aliphatic hydroxyl groups excluding tert-OH is 1. The Bertz CT molecular complexity index is 738. The van der Waals surface area contributed by atoms with Crippen LogP contribution in [-0.2, 0) is 15.6 Å². The molecule has 25 heavy (non-hydrogen) atoms. The standard InChI is InChI=1S/C20H25NO2S2/c1-14(22)15-6-7-16(25-15)19(8-2-3-9-19)13-21-18(23)20(10-11-20)17-5-4-12-24-17/h4-7,12,14,22H,2-3,8-11,13H2,1H3,(H,21,23). The van der Waals surface area contributed by atoms with Gasteiger partial charge in [0.2, 0.25) is 5.91 Å². The van der Waals surface area contributed by atoms with Gasteiger partial charge in [-0.05, 0) is 56.2 Å². The lowest BCUT2D eigenvalue weighted by Crippen LogP contribution is -2.42. The van der Waals surface area contributed by atoms with Crippen LogP contribution in [-0.4, -0.2) is 17.6 Å². The predicted molar refractivity (Wildman–Crippen MR) is 103 cm³/mol. The molecule has 2 aliphatic rings. The van der Waals surface area contributed by atoms with E-state index in [9.17, 15) is 9.90 Å². The first-order valence-corrected chi connectivity index (χ1v) is 10.9. The summed E-state index contributed by atoms with van der Waals surface area (Å²) < 4.78 is 0. The van der Waals surface area contributed by atoms with Crippen molar-refractivity contribution in [1.29, 1.82) is 0 Å². The average Bonchev–Trinajstić information content (AvgIpc) is 3.09. The monoisotopic (exact) mass is 375 g/mol. The van der Waals surface area contributed by atoms with E-state index in [2.05, 4.69) is 22.8 Å². The lowest BCUT2D eigenvalue weighted by atomic mass is 9.84. The van der Waals surface area contributed by atoms with E-state index < -0.39 is 6.10 Å². The van der Waals surface area contributed by atoms with Crippen molar-refractivity contribution < 1.29 is 9.90 Å². The van der Waals surface area contributed by atoms with Crippen LogP contribution in [0.5, 0.6) is 0 Å². The molecule has 5 heteroatoms. The van der Waals surface area contributed by atoms with E-state index in [0.29, 0.717) is 0 Å². The zero-order valence-electron chi connectivity index (χ0n) is 14.6. The van der Waals surface area contributed by atoms with Gasteiger partial charge in [0.25, 0.3) is 0 Å². The quantitative estimate of drug-likeness (QED) is 0.780. The molecule has 2 aliphatic carbocycles. The molecule has 2 saturated carbocycles. The van der Waals surface area contributed by atoms with Gasteiger partial charge in [0.1, 0.15) is 0 Å². The zero-order chi connectivity index (χ0) is 17.5. The molecule has 3 nitrogen and oxygen atoms in total. The third-order valence-corrected chi connectivity index (χ3v) is 8.46. The van der Waals surface area contributed by atoms with Gasteiger partial charge in [-0.15, -0.1) is 22.7 Å². The van der Waals surface area contributed by atoms with Crippen LogP contribution in [0.3, 0.4) is 0 Å². The SMILES string of the molecule is CC(O)c1ccc(C2(CNC(=O)C3(c4cccs4)CC3)CCCC2)s1. The van der Waals surface area contributed by atoms with E-state index in [1.807, 2.05) is 19.1 Å². The third kappa shape index (κ3) is 3.07. The number of nitrogens with one attached hydrogen (secondary N) is 1. The van der Waals surface area contributed by atoms with Crippen LogP contribution >= 0.6 is 22.7 Å². The Labute approximate surface area is 157 Å². The first-order chi connectivity index (χ1) is 12.1. The fourth-order valence-electron chi connectivity index (χ4n) is 4.10. The number of hydrogen-bond acceptors (Lipinski definition) is 4. The normalized spacial score (nSPS) is 21.8. The van der Waals surface area contributed by atoms with Gasteiger partial charge in [0.05, 0.1) is 11.5 Å². The van der Waals surface area contributed by atoms with Gasteiger partial charge in [0, 0.05) is 26.6 Å². The summed E-state index contributed by atoms with van der Waals surface area (Å²) in [4.78, 5) is 16.5. The van der Waals surface area contributed by atoms with Crippen molar-refractivity contribution in [1.82, 2.24) is 5.32 Å². The van der Waals surface area contributed by atoms with Crippen LogP contribution in [0, 0.1) is 0 Å². The molecule has 0 aliphatic heterocycles. The minimum absolute atomic E-state index is 0.0546. The van der Waals surface area contributed by atoms with Crippen molar-refractivity contribution in [2.45, 2.75) is 62.4 Å². The first-order valence-electron chi connectivity index (χ1n) is 9.16. The van der Waals surface area contributed by atoms with Crippen molar-refractivity contribution in [2.75, 3.05) is 6.54 Å². The fourth-order valence-corrected chi connectivity index (χ4v) is 6.28. The Morgan fingerprint density at radius 1 is 1.20 bits per heavy atom. The summed E-state index contributed by atoms with van der Waals surface area (Å²) in [5.74, 6) is 0.202. The Balaban J connectivity index is 1.50. The molecule has 2 N–H and O–H groups in total.